The van der Waals surface area contributed by atoms with E-state index in [9.17, 15) is 9.65 Å². The monoisotopic (exact) mass is 520 g/mol. The maximum Gasteiger partial charge on any atom is 0.229 e. The van der Waals surface area contributed by atoms with Crippen molar-refractivity contribution in [1.29, 1.82) is 5.26 Å². The molecule has 0 spiro atoms. The molecular weight excluding hydrogens is 483 g/mol. The molecule has 0 saturated carbocycles. The number of benzene rings is 1. The van der Waals surface area contributed by atoms with Gasteiger partial charge in [0, 0.05) is 49.5 Å². The second kappa shape index (κ2) is 10.3. The largest absolute Gasteiger partial charge is 0.378 e. The molecule has 0 radical (unpaired) electrons. The molecule has 6 rings (SSSR count). The van der Waals surface area contributed by atoms with Crippen molar-refractivity contribution in [2.45, 2.75) is 63.2 Å². The molecule has 0 amide bonds. The number of rotatable bonds is 6. The molecule has 0 aliphatic carbocycles. The van der Waals surface area contributed by atoms with E-state index in [4.69, 9.17) is 4.74 Å². The highest BCUT2D eigenvalue weighted by atomic mass is 19.1. The predicted octanol–water partition coefficient (Wildman–Crippen LogP) is 3.57. The van der Waals surface area contributed by atoms with Crippen LogP contribution < -0.4 is 15.5 Å². The standard InChI is InChI=1S/C28H37FN8O/c1-28(2)14-21(13-22-4-3-7-37(22)28)32-26-24(29)16-31-27(34-26)33-20-5-6-25(19(12-20)15-30)36-10-8-35(9-11-36)23-17-38-18-23/h5-6,12,16,21-23H,3-4,7-11,13-14,17-18H2,1-2H3,(H2,31,32,33,34)/t21-,22?/m1/s1. The summed E-state index contributed by atoms with van der Waals surface area (Å²) in [5.74, 6) is 0.0731. The molecule has 2 aromatic rings. The molecule has 2 N–H and O–H groups in total. The van der Waals surface area contributed by atoms with Crippen LogP contribution in [0, 0.1) is 17.1 Å². The van der Waals surface area contributed by atoms with Gasteiger partial charge in [0.05, 0.1) is 36.7 Å². The molecule has 4 aliphatic rings. The summed E-state index contributed by atoms with van der Waals surface area (Å²) in [5.41, 5.74) is 2.32. The topological polar surface area (TPSA) is 92.6 Å². The number of halogens is 1. The Morgan fingerprint density at radius 3 is 2.68 bits per heavy atom. The third kappa shape index (κ3) is 5.03. The van der Waals surface area contributed by atoms with Crippen molar-refractivity contribution in [3.05, 3.63) is 35.8 Å². The minimum absolute atomic E-state index is 0.0787. The van der Waals surface area contributed by atoms with Gasteiger partial charge in [-0.1, -0.05) is 0 Å². The first-order chi connectivity index (χ1) is 18.4. The fourth-order valence-electron chi connectivity index (χ4n) is 6.71. The summed E-state index contributed by atoms with van der Waals surface area (Å²) in [6.45, 7) is 11.0. The lowest BCUT2D eigenvalue weighted by Gasteiger charge is -2.47. The molecule has 4 aliphatic heterocycles. The molecule has 4 fully saturated rings. The molecule has 10 heteroatoms. The number of nitrogens with one attached hydrogen (secondary N) is 2. The average Bonchev–Trinajstić information content (AvgIpc) is 3.35. The third-order valence-electron chi connectivity index (χ3n) is 8.71. The van der Waals surface area contributed by atoms with E-state index < -0.39 is 5.82 Å². The molecule has 1 aromatic carbocycles. The number of piperazine rings is 1. The number of nitriles is 1. The Hall–Kier alpha value is -3.00. The van der Waals surface area contributed by atoms with Crippen LogP contribution in [0.5, 0.6) is 0 Å². The van der Waals surface area contributed by atoms with Gasteiger partial charge < -0.3 is 20.3 Å². The second-order valence-electron chi connectivity index (χ2n) is 11.7. The van der Waals surface area contributed by atoms with Gasteiger partial charge in [0.2, 0.25) is 5.95 Å². The Labute approximate surface area is 224 Å². The number of hydrogen-bond acceptors (Lipinski definition) is 9. The van der Waals surface area contributed by atoms with Gasteiger partial charge in [0.1, 0.15) is 6.07 Å². The third-order valence-corrected chi connectivity index (χ3v) is 8.71. The lowest BCUT2D eigenvalue weighted by atomic mass is 9.84. The fraction of sp³-hybridized carbons (Fsp3) is 0.607. The summed E-state index contributed by atoms with van der Waals surface area (Å²) >= 11 is 0. The number of anilines is 4. The zero-order valence-electron chi connectivity index (χ0n) is 22.3. The number of piperidine rings is 1. The van der Waals surface area contributed by atoms with Crippen LogP contribution in [0.4, 0.5) is 27.5 Å². The summed E-state index contributed by atoms with van der Waals surface area (Å²) < 4.78 is 20.1. The lowest BCUT2D eigenvalue weighted by molar-refractivity contribution is -0.0660. The van der Waals surface area contributed by atoms with Gasteiger partial charge in [-0.25, -0.2) is 9.37 Å². The van der Waals surface area contributed by atoms with Crippen LogP contribution in [-0.2, 0) is 4.74 Å². The molecule has 1 unspecified atom stereocenters. The van der Waals surface area contributed by atoms with Gasteiger partial charge in [-0.2, -0.15) is 10.2 Å². The van der Waals surface area contributed by atoms with Crippen molar-refractivity contribution in [3.8, 4) is 6.07 Å². The minimum atomic E-state index is -0.456. The quantitative estimate of drug-likeness (QED) is 0.593. The van der Waals surface area contributed by atoms with Crippen LogP contribution >= 0.6 is 0 Å². The number of ether oxygens (including phenoxy) is 1. The summed E-state index contributed by atoms with van der Waals surface area (Å²) in [5, 5.41) is 16.4. The summed E-state index contributed by atoms with van der Waals surface area (Å²) in [6.07, 6.45) is 5.56. The maximum absolute atomic E-state index is 14.7. The van der Waals surface area contributed by atoms with Gasteiger partial charge in [-0.15, -0.1) is 0 Å². The van der Waals surface area contributed by atoms with Crippen LogP contribution in [-0.4, -0.2) is 89.4 Å². The number of fused-ring (bicyclic) bond motifs is 1. The van der Waals surface area contributed by atoms with Gasteiger partial charge in [-0.05, 0) is 64.3 Å². The van der Waals surface area contributed by atoms with E-state index in [1.165, 1.54) is 19.0 Å². The Morgan fingerprint density at radius 1 is 1.13 bits per heavy atom. The van der Waals surface area contributed by atoms with E-state index in [2.05, 4.69) is 55.2 Å². The molecule has 5 heterocycles. The van der Waals surface area contributed by atoms with Crippen molar-refractivity contribution >= 4 is 23.1 Å². The Bertz CT molecular complexity index is 1200. The molecular formula is C28H37FN8O. The molecule has 9 nitrogen and oxygen atoms in total. The van der Waals surface area contributed by atoms with Crippen molar-refractivity contribution in [3.63, 3.8) is 0 Å². The normalized spacial score (nSPS) is 25.9. The zero-order chi connectivity index (χ0) is 26.3. The van der Waals surface area contributed by atoms with Gasteiger partial charge >= 0.3 is 0 Å². The Balaban J connectivity index is 1.12. The Kier molecular flexibility index (Phi) is 6.84. The smallest absolute Gasteiger partial charge is 0.229 e. The molecule has 38 heavy (non-hydrogen) atoms. The lowest BCUT2D eigenvalue weighted by Crippen LogP contribution is -2.56. The van der Waals surface area contributed by atoms with Gasteiger partial charge in [0.15, 0.2) is 11.6 Å². The predicted molar refractivity (Wildman–Crippen MR) is 145 cm³/mol. The van der Waals surface area contributed by atoms with E-state index >= 15 is 0 Å². The average molecular weight is 521 g/mol. The van der Waals surface area contributed by atoms with Crippen molar-refractivity contribution in [2.75, 3.05) is 61.5 Å². The van der Waals surface area contributed by atoms with Crippen molar-refractivity contribution in [2.24, 2.45) is 0 Å². The fourth-order valence-corrected chi connectivity index (χ4v) is 6.71. The van der Waals surface area contributed by atoms with Crippen LogP contribution in [0.25, 0.3) is 0 Å². The molecule has 4 saturated heterocycles. The van der Waals surface area contributed by atoms with Crippen LogP contribution in [0.2, 0.25) is 0 Å². The maximum atomic E-state index is 14.7. The summed E-state index contributed by atoms with van der Waals surface area (Å²) in [4.78, 5) is 16.0. The minimum Gasteiger partial charge on any atom is -0.378 e. The van der Waals surface area contributed by atoms with Gasteiger partial charge in [0.25, 0.3) is 0 Å². The van der Waals surface area contributed by atoms with Gasteiger partial charge in [-0.3, -0.25) is 9.80 Å². The molecule has 1 aromatic heterocycles. The van der Waals surface area contributed by atoms with Crippen molar-refractivity contribution < 1.29 is 9.13 Å². The molecule has 2 atom stereocenters. The highest BCUT2D eigenvalue weighted by molar-refractivity contribution is 5.68. The SMILES string of the molecule is CC1(C)C[C@H](Nc2nc(Nc3ccc(N4CCN(C5COC5)CC4)c(C#N)c3)ncc2F)CC2CCCN21. The van der Waals surface area contributed by atoms with Crippen LogP contribution in [0.3, 0.4) is 0 Å². The summed E-state index contributed by atoms with van der Waals surface area (Å²) in [7, 11) is 0. The first kappa shape index (κ1) is 25.3. The first-order valence-electron chi connectivity index (χ1n) is 13.8. The van der Waals surface area contributed by atoms with E-state index in [-0.39, 0.29) is 17.4 Å². The highest BCUT2D eigenvalue weighted by Gasteiger charge is 2.43. The van der Waals surface area contributed by atoms with Crippen molar-refractivity contribution in [1.82, 2.24) is 19.8 Å². The highest BCUT2D eigenvalue weighted by Crippen LogP contribution is 2.38. The Morgan fingerprint density at radius 2 is 1.95 bits per heavy atom. The molecule has 0 bridgehead atoms. The van der Waals surface area contributed by atoms with E-state index in [0.29, 0.717) is 29.3 Å². The number of aromatic nitrogens is 2. The zero-order valence-corrected chi connectivity index (χ0v) is 22.3. The van der Waals surface area contributed by atoms with E-state index in [1.54, 1.807) is 0 Å². The van der Waals surface area contributed by atoms with E-state index in [0.717, 1.165) is 64.5 Å². The number of nitrogens with zero attached hydrogens (tertiary/aromatic N) is 6. The van der Waals surface area contributed by atoms with E-state index in [1.807, 2.05) is 18.2 Å². The van der Waals surface area contributed by atoms with Crippen LogP contribution in [0.15, 0.2) is 24.4 Å². The molecule has 202 valence electrons. The second-order valence-corrected chi connectivity index (χ2v) is 11.7. The van der Waals surface area contributed by atoms with Crippen LogP contribution in [0.1, 0.15) is 45.1 Å². The summed E-state index contributed by atoms with van der Waals surface area (Å²) in [6, 6.07) is 9.30. The number of hydrogen-bond donors (Lipinski definition) is 2. The first-order valence-corrected chi connectivity index (χ1v) is 13.8.